The van der Waals surface area contributed by atoms with Crippen molar-refractivity contribution in [3.05, 3.63) is 76.6 Å². The molecule has 0 saturated carbocycles. The molecule has 140 valence electrons. The second-order valence-corrected chi connectivity index (χ2v) is 7.07. The van der Waals surface area contributed by atoms with Crippen molar-refractivity contribution in [2.45, 2.75) is 33.2 Å². The lowest BCUT2D eigenvalue weighted by molar-refractivity contribution is 0.112. The summed E-state index contributed by atoms with van der Waals surface area (Å²) in [5, 5.41) is 5.28. The van der Waals surface area contributed by atoms with Gasteiger partial charge >= 0.3 is 0 Å². The van der Waals surface area contributed by atoms with Gasteiger partial charge in [0, 0.05) is 40.6 Å². The number of carbonyl (C=O) groups excluding carboxylic acids is 1. The molecule has 0 aliphatic carbocycles. The highest BCUT2D eigenvalue weighted by Gasteiger charge is 2.13. The maximum absolute atomic E-state index is 11.2. The molecule has 5 heteroatoms. The number of halogens is 1. The highest BCUT2D eigenvalue weighted by molar-refractivity contribution is 6.30. The van der Waals surface area contributed by atoms with Crippen LogP contribution in [-0.4, -0.2) is 22.6 Å². The van der Waals surface area contributed by atoms with Gasteiger partial charge in [-0.3, -0.25) is 4.79 Å². The minimum Gasteiger partial charge on any atom is -0.367 e. The Labute approximate surface area is 165 Å². The summed E-state index contributed by atoms with van der Waals surface area (Å²) in [6, 6.07) is 15.4. The number of anilines is 1. The van der Waals surface area contributed by atoms with Gasteiger partial charge in [0.05, 0.1) is 11.9 Å². The Balaban J connectivity index is 1.87. The molecule has 0 N–H and O–H groups in total. The predicted octanol–water partition coefficient (Wildman–Crippen LogP) is 5.45. The summed E-state index contributed by atoms with van der Waals surface area (Å²) < 4.78 is 1.94. The molecule has 0 aliphatic rings. The third kappa shape index (κ3) is 4.58. The lowest BCUT2D eigenvalue weighted by atomic mass is 10.1. The molecule has 1 heterocycles. The molecule has 0 saturated heterocycles. The zero-order valence-corrected chi connectivity index (χ0v) is 16.5. The zero-order valence-electron chi connectivity index (χ0n) is 15.7. The van der Waals surface area contributed by atoms with E-state index in [1.807, 2.05) is 53.3 Å². The van der Waals surface area contributed by atoms with Crippen LogP contribution >= 0.6 is 11.6 Å². The van der Waals surface area contributed by atoms with Gasteiger partial charge in [0.1, 0.15) is 6.29 Å². The van der Waals surface area contributed by atoms with E-state index < -0.39 is 0 Å². The smallest absolute Gasteiger partial charge is 0.150 e. The average molecular weight is 382 g/mol. The standard InChI is InChI=1S/C22H24ClN3O/c1-3-4-12-25(22-7-5-6-18(13-22)16-27)15-19-14-24-26(17(19)2)21-10-8-20(23)9-11-21/h5-11,13-14,16H,3-4,12,15H2,1-2H3. The van der Waals surface area contributed by atoms with E-state index in [-0.39, 0.29) is 0 Å². The van der Waals surface area contributed by atoms with Gasteiger partial charge in [-0.25, -0.2) is 4.68 Å². The molecule has 2 aromatic carbocycles. The topological polar surface area (TPSA) is 38.1 Å². The maximum atomic E-state index is 11.2. The number of rotatable bonds is 8. The fourth-order valence-electron chi connectivity index (χ4n) is 3.09. The van der Waals surface area contributed by atoms with Gasteiger partial charge in [-0.2, -0.15) is 5.10 Å². The Morgan fingerprint density at radius 3 is 2.67 bits per heavy atom. The summed E-state index contributed by atoms with van der Waals surface area (Å²) in [4.78, 5) is 13.5. The summed E-state index contributed by atoms with van der Waals surface area (Å²) in [5.74, 6) is 0. The van der Waals surface area contributed by atoms with E-state index in [2.05, 4.69) is 29.9 Å². The average Bonchev–Trinajstić information content (AvgIpc) is 3.06. The van der Waals surface area contributed by atoms with Crippen molar-refractivity contribution in [3.8, 4) is 5.69 Å². The first-order chi connectivity index (χ1) is 13.1. The summed E-state index contributed by atoms with van der Waals surface area (Å²) in [6.07, 6.45) is 5.03. The zero-order chi connectivity index (χ0) is 19.2. The molecule has 0 spiro atoms. The van der Waals surface area contributed by atoms with Crippen LogP contribution in [0.25, 0.3) is 5.69 Å². The van der Waals surface area contributed by atoms with E-state index in [0.717, 1.165) is 54.8 Å². The van der Waals surface area contributed by atoms with E-state index in [1.54, 1.807) is 0 Å². The van der Waals surface area contributed by atoms with Crippen molar-refractivity contribution in [2.75, 3.05) is 11.4 Å². The van der Waals surface area contributed by atoms with E-state index in [4.69, 9.17) is 11.6 Å². The van der Waals surface area contributed by atoms with Crippen LogP contribution in [0.4, 0.5) is 5.69 Å². The molecule has 0 amide bonds. The second-order valence-electron chi connectivity index (χ2n) is 6.63. The number of benzene rings is 2. The molecule has 3 aromatic rings. The number of aldehydes is 1. The summed E-state index contributed by atoms with van der Waals surface area (Å²) in [6.45, 7) is 5.95. The van der Waals surface area contributed by atoms with E-state index in [0.29, 0.717) is 10.6 Å². The Kier molecular flexibility index (Phi) is 6.30. The lowest BCUT2D eigenvalue weighted by Crippen LogP contribution is -2.24. The third-order valence-electron chi connectivity index (χ3n) is 4.70. The number of carbonyl (C=O) groups is 1. The highest BCUT2D eigenvalue weighted by Crippen LogP contribution is 2.22. The van der Waals surface area contributed by atoms with E-state index in [9.17, 15) is 4.79 Å². The molecule has 0 aliphatic heterocycles. The van der Waals surface area contributed by atoms with Crippen molar-refractivity contribution < 1.29 is 4.79 Å². The second kappa shape index (κ2) is 8.87. The minimum absolute atomic E-state index is 0.697. The van der Waals surface area contributed by atoms with Crippen LogP contribution < -0.4 is 4.90 Å². The van der Waals surface area contributed by atoms with Crippen molar-refractivity contribution >= 4 is 23.6 Å². The maximum Gasteiger partial charge on any atom is 0.150 e. The fraction of sp³-hybridized carbons (Fsp3) is 0.273. The van der Waals surface area contributed by atoms with Gasteiger partial charge in [-0.1, -0.05) is 37.1 Å². The van der Waals surface area contributed by atoms with Gasteiger partial charge in [0.15, 0.2) is 0 Å². The minimum atomic E-state index is 0.697. The molecule has 0 atom stereocenters. The molecule has 27 heavy (non-hydrogen) atoms. The number of aromatic nitrogens is 2. The first kappa shape index (κ1) is 19.2. The number of unbranched alkanes of at least 4 members (excludes halogenated alkanes) is 1. The van der Waals surface area contributed by atoms with Crippen molar-refractivity contribution in [1.29, 1.82) is 0 Å². The van der Waals surface area contributed by atoms with Gasteiger partial charge in [0.2, 0.25) is 0 Å². The van der Waals surface area contributed by atoms with Gasteiger partial charge < -0.3 is 4.90 Å². The van der Waals surface area contributed by atoms with Crippen LogP contribution in [0, 0.1) is 6.92 Å². The van der Waals surface area contributed by atoms with E-state index >= 15 is 0 Å². The lowest BCUT2D eigenvalue weighted by Gasteiger charge is -2.25. The van der Waals surface area contributed by atoms with Crippen molar-refractivity contribution in [1.82, 2.24) is 9.78 Å². The molecular weight excluding hydrogens is 358 g/mol. The molecule has 0 radical (unpaired) electrons. The summed E-state index contributed by atoms with van der Waals surface area (Å²) in [7, 11) is 0. The molecule has 0 unspecified atom stereocenters. The van der Waals surface area contributed by atoms with Gasteiger partial charge in [-0.15, -0.1) is 0 Å². The normalized spacial score (nSPS) is 10.8. The van der Waals surface area contributed by atoms with Crippen molar-refractivity contribution in [2.24, 2.45) is 0 Å². The van der Waals surface area contributed by atoms with E-state index in [1.165, 1.54) is 0 Å². The highest BCUT2D eigenvalue weighted by atomic mass is 35.5. The molecule has 0 fully saturated rings. The Morgan fingerprint density at radius 1 is 1.19 bits per heavy atom. The SMILES string of the molecule is CCCCN(Cc1cnn(-c2ccc(Cl)cc2)c1C)c1cccc(C=O)c1. The quantitative estimate of drug-likeness (QED) is 0.487. The summed E-state index contributed by atoms with van der Waals surface area (Å²) >= 11 is 5.99. The van der Waals surface area contributed by atoms with Crippen LogP contribution in [0.15, 0.2) is 54.7 Å². The molecular formula is C22H24ClN3O. The summed E-state index contributed by atoms with van der Waals surface area (Å²) in [5.41, 5.74) is 5.02. The monoisotopic (exact) mass is 381 g/mol. The van der Waals surface area contributed by atoms with Gasteiger partial charge in [0.25, 0.3) is 0 Å². The van der Waals surface area contributed by atoms with Crippen LogP contribution in [-0.2, 0) is 6.54 Å². The predicted molar refractivity (Wildman–Crippen MR) is 111 cm³/mol. The molecule has 3 rings (SSSR count). The molecule has 4 nitrogen and oxygen atoms in total. The number of nitrogens with zero attached hydrogens (tertiary/aromatic N) is 3. The van der Waals surface area contributed by atoms with Crippen LogP contribution in [0.3, 0.4) is 0 Å². The molecule has 1 aromatic heterocycles. The Hall–Kier alpha value is -2.59. The number of hydrogen-bond acceptors (Lipinski definition) is 3. The van der Waals surface area contributed by atoms with Crippen LogP contribution in [0.2, 0.25) is 5.02 Å². The Bertz CT molecular complexity index is 902. The Morgan fingerprint density at radius 2 is 1.96 bits per heavy atom. The molecule has 0 bridgehead atoms. The largest absolute Gasteiger partial charge is 0.367 e. The fourth-order valence-corrected chi connectivity index (χ4v) is 3.22. The van der Waals surface area contributed by atoms with Crippen molar-refractivity contribution in [3.63, 3.8) is 0 Å². The number of hydrogen-bond donors (Lipinski definition) is 0. The van der Waals surface area contributed by atoms with Crippen LogP contribution in [0.1, 0.15) is 41.4 Å². The first-order valence-electron chi connectivity index (χ1n) is 9.22. The first-order valence-corrected chi connectivity index (χ1v) is 9.59. The van der Waals surface area contributed by atoms with Crippen LogP contribution in [0.5, 0.6) is 0 Å². The third-order valence-corrected chi connectivity index (χ3v) is 4.95. The van der Waals surface area contributed by atoms with Gasteiger partial charge in [-0.05, 0) is 49.7 Å².